The van der Waals surface area contributed by atoms with Crippen molar-refractivity contribution in [3.8, 4) is 0 Å². The normalized spacial score (nSPS) is 39.5. The minimum Gasteiger partial charge on any atom is -0.379 e. The van der Waals surface area contributed by atoms with Gasteiger partial charge in [-0.15, -0.1) is 0 Å². The van der Waals surface area contributed by atoms with E-state index in [1.54, 1.807) is 0 Å². The summed E-state index contributed by atoms with van der Waals surface area (Å²) in [6.07, 6.45) is 1.68. The van der Waals surface area contributed by atoms with Crippen molar-refractivity contribution in [1.29, 1.82) is 0 Å². The van der Waals surface area contributed by atoms with Crippen LogP contribution in [0.5, 0.6) is 0 Å². The van der Waals surface area contributed by atoms with Crippen LogP contribution >= 0.6 is 0 Å². The van der Waals surface area contributed by atoms with Crippen molar-refractivity contribution < 1.29 is 9.53 Å². The summed E-state index contributed by atoms with van der Waals surface area (Å²) in [5.74, 6) is -0.0504. The van der Waals surface area contributed by atoms with Gasteiger partial charge >= 0.3 is 0 Å². The van der Waals surface area contributed by atoms with Crippen LogP contribution in [-0.4, -0.2) is 30.7 Å². The Morgan fingerprint density at radius 3 is 2.64 bits per heavy atom. The van der Waals surface area contributed by atoms with Gasteiger partial charge in [-0.3, -0.25) is 4.79 Å². The number of carbonyl (C=O) groups excluding carboxylic acids is 1. The van der Waals surface area contributed by atoms with Gasteiger partial charge in [0.05, 0.1) is 6.61 Å². The number of hydrogen-bond donors (Lipinski definition) is 2. The van der Waals surface area contributed by atoms with E-state index in [2.05, 4.69) is 19.2 Å². The average molecular weight is 198 g/mol. The molecular weight excluding hydrogens is 180 g/mol. The molecule has 0 aromatic heterocycles. The number of hydrogen-bond acceptors (Lipinski definition) is 3. The van der Waals surface area contributed by atoms with Gasteiger partial charge < -0.3 is 15.8 Å². The molecule has 14 heavy (non-hydrogen) atoms. The summed E-state index contributed by atoms with van der Waals surface area (Å²) in [5.41, 5.74) is 5.41. The first kappa shape index (κ1) is 9.93. The molecule has 2 aliphatic rings. The summed E-state index contributed by atoms with van der Waals surface area (Å²) in [6, 6.07) is 0.302. The van der Waals surface area contributed by atoms with Gasteiger partial charge in [-0.1, -0.05) is 13.8 Å². The Bertz CT molecular complexity index is 257. The zero-order chi connectivity index (χ0) is 10.4. The van der Waals surface area contributed by atoms with E-state index in [1.165, 1.54) is 0 Å². The lowest BCUT2D eigenvalue weighted by Gasteiger charge is -2.21. The highest BCUT2D eigenvalue weighted by atomic mass is 16.5. The van der Waals surface area contributed by atoms with Crippen LogP contribution in [0.25, 0.3) is 0 Å². The van der Waals surface area contributed by atoms with E-state index >= 15 is 0 Å². The van der Waals surface area contributed by atoms with Crippen molar-refractivity contribution in [3.05, 3.63) is 0 Å². The SMILES string of the molecule is CC1(C)CC1NC(=O)C1(N)CCOC1. The maximum absolute atomic E-state index is 11.8. The van der Waals surface area contributed by atoms with Crippen LogP contribution in [-0.2, 0) is 9.53 Å². The Morgan fingerprint density at radius 1 is 1.57 bits per heavy atom. The molecule has 2 rings (SSSR count). The van der Waals surface area contributed by atoms with Crippen LogP contribution in [0.2, 0.25) is 0 Å². The number of ether oxygens (including phenoxy) is 1. The standard InChI is InChI=1S/C10H18N2O2/c1-9(2)5-7(9)12-8(13)10(11)3-4-14-6-10/h7H,3-6,11H2,1-2H3,(H,12,13). The van der Waals surface area contributed by atoms with E-state index in [9.17, 15) is 4.79 Å². The van der Waals surface area contributed by atoms with Gasteiger partial charge in [0, 0.05) is 12.6 Å². The lowest BCUT2D eigenvalue weighted by Crippen LogP contribution is -2.55. The van der Waals surface area contributed by atoms with Crippen molar-refractivity contribution in [3.63, 3.8) is 0 Å². The minimum absolute atomic E-state index is 0.0504. The van der Waals surface area contributed by atoms with Crippen molar-refractivity contribution in [2.45, 2.75) is 38.3 Å². The Labute approximate surface area is 84.2 Å². The zero-order valence-electron chi connectivity index (χ0n) is 8.80. The maximum Gasteiger partial charge on any atom is 0.242 e. The fourth-order valence-corrected chi connectivity index (χ4v) is 1.78. The number of rotatable bonds is 2. The second-order valence-electron chi connectivity index (χ2n) is 5.18. The molecule has 1 aliphatic carbocycles. The first-order valence-electron chi connectivity index (χ1n) is 5.12. The molecule has 0 radical (unpaired) electrons. The van der Waals surface area contributed by atoms with Gasteiger partial charge in [0.15, 0.2) is 0 Å². The van der Waals surface area contributed by atoms with Crippen LogP contribution in [0, 0.1) is 5.41 Å². The van der Waals surface area contributed by atoms with E-state index in [1.807, 2.05) is 0 Å². The Morgan fingerprint density at radius 2 is 2.21 bits per heavy atom. The molecule has 0 aromatic rings. The minimum atomic E-state index is -0.779. The van der Waals surface area contributed by atoms with Crippen LogP contribution in [0.15, 0.2) is 0 Å². The molecule has 3 N–H and O–H groups in total. The largest absolute Gasteiger partial charge is 0.379 e. The Kier molecular flexibility index (Phi) is 2.08. The number of nitrogens with two attached hydrogens (primary N) is 1. The third-order valence-electron chi connectivity index (χ3n) is 3.32. The predicted octanol–water partition coefficient (Wildman–Crippen LogP) is 0.0189. The van der Waals surface area contributed by atoms with E-state index in [-0.39, 0.29) is 11.3 Å². The Balaban J connectivity index is 1.90. The topological polar surface area (TPSA) is 64.4 Å². The van der Waals surface area contributed by atoms with Crippen molar-refractivity contribution >= 4 is 5.91 Å². The van der Waals surface area contributed by atoms with E-state index in [0.29, 0.717) is 25.7 Å². The lowest BCUT2D eigenvalue weighted by molar-refractivity contribution is -0.126. The molecular formula is C10H18N2O2. The predicted molar refractivity (Wildman–Crippen MR) is 52.7 cm³/mol. The van der Waals surface area contributed by atoms with Crippen LogP contribution in [0.4, 0.5) is 0 Å². The second kappa shape index (κ2) is 2.94. The van der Waals surface area contributed by atoms with Gasteiger partial charge in [-0.05, 0) is 18.3 Å². The molecule has 1 saturated carbocycles. The molecule has 0 aromatic carbocycles. The summed E-state index contributed by atoms with van der Waals surface area (Å²) in [7, 11) is 0. The van der Waals surface area contributed by atoms with Crippen molar-refractivity contribution in [2.75, 3.05) is 13.2 Å². The fourth-order valence-electron chi connectivity index (χ4n) is 1.78. The lowest BCUT2D eigenvalue weighted by atomic mass is 9.99. The smallest absolute Gasteiger partial charge is 0.242 e. The highest BCUT2D eigenvalue weighted by Gasteiger charge is 2.49. The molecule has 1 amide bonds. The summed E-state index contributed by atoms with van der Waals surface area (Å²) in [4.78, 5) is 11.8. The second-order valence-corrected chi connectivity index (χ2v) is 5.18. The quantitative estimate of drug-likeness (QED) is 0.657. The highest BCUT2D eigenvalue weighted by Crippen LogP contribution is 2.44. The van der Waals surface area contributed by atoms with Gasteiger partial charge in [-0.25, -0.2) is 0 Å². The summed E-state index contributed by atoms with van der Waals surface area (Å²) in [5, 5.41) is 2.98. The van der Waals surface area contributed by atoms with Gasteiger partial charge in [0.2, 0.25) is 5.91 Å². The third-order valence-corrected chi connectivity index (χ3v) is 3.32. The Hall–Kier alpha value is -0.610. The van der Waals surface area contributed by atoms with Gasteiger partial charge in [0.1, 0.15) is 5.54 Å². The maximum atomic E-state index is 11.8. The molecule has 0 spiro atoms. The van der Waals surface area contributed by atoms with Crippen LogP contribution in [0.1, 0.15) is 26.7 Å². The molecule has 4 nitrogen and oxygen atoms in total. The van der Waals surface area contributed by atoms with Crippen molar-refractivity contribution in [1.82, 2.24) is 5.32 Å². The summed E-state index contributed by atoms with van der Waals surface area (Å²) in [6.45, 7) is 5.24. The van der Waals surface area contributed by atoms with Crippen LogP contribution < -0.4 is 11.1 Å². The van der Waals surface area contributed by atoms with E-state index in [0.717, 1.165) is 6.42 Å². The average Bonchev–Trinajstić information content (AvgIpc) is 2.52. The molecule has 2 unspecified atom stereocenters. The van der Waals surface area contributed by atoms with E-state index in [4.69, 9.17) is 10.5 Å². The monoisotopic (exact) mass is 198 g/mol. The molecule has 0 bridgehead atoms. The number of nitrogens with one attached hydrogen (secondary N) is 1. The van der Waals surface area contributed by atoms with Gasteiger partial charge in [0.25, 0.3) is 0 Å². The summed E-state index contributed by atoms with van der Waals surface area (Å²) >= 11 is 0. The molecule has 1 heterocycles. The van der Waals surface area contributed by atoms with Crippen molar-refractivity contribution in [2.24, 2.45) is 11.1 Å². The van der Waals surface area contributed by atoms with Crippen LogP contribution in [0.3, 0.4) is 0 Å². The molecule has 1 aliphatic heterocycles. The van der Waals surface area contributed by atoms with E-state index < -0.39 is 5.54 Å². The third kappa shape index (κ3) is 1.64. The molecule has 80 valence electrons. The molecule has 2 atom stereocenters. The fraction of sp³-hybridized carbons (Fsp3) is 0.900. The zero-order valence-corrected chi connectivity index (χ0v) is 8.80. The highest BCUT2D eigenvalue weighted by molar-refractivity contribution is 5.87. The number of carbonyl (C=O) groups is 1. The molecule has 1 saturated heterocycles. The first-order valence-corrected chi connectivity index (χ1v) is 5.12. The molecule has 2 fully saturated rings. The first-order chi connectivity index (χ1) is 6.44. The van der Waals surface area contributed by atoms with Gasteiger partial charge in [-0.2, -0.15) is 0 Å². The number of amides is 1. The summed E-state index contributed by atoms with van der Waals surface area (Å²) < 4.78 is 5.15. The molecule has 4 heteroatoms.